The lowest BCUT2D eigenvalue weighted by atomic mass is 9.89. The molecule has 0 bridgehead atoms. The van der Waals surface area contributed by atoms with Crippen LogP contribution in [0.2, 0.25) is 0 Å². The number of aliphatic hydroxyl groups excluding tert-OH is 3. The number of hydrogen-bond acceptors (Lipinski definition) is 7. The highest BCUT2D eigenvalue weighted by Crippen LogP contribution is 2.37. The zero-order chi connectivity index (χ0) is 33.7. The lowest BCUT2D eigenvalue weighted by Crippen LogP contribution is -2.28. The van der Waals surface area contributed by atoms with Crippen molar-refractivity contribution in [2.75, 3.05) is 26.4 Å². The second kappa shape index (κ2) is 17.8. The lowest BCUT2D eigenvalue weighted by Gasteiger charge is -2.24. The molecule has 3 aromatic carbocycles. The molecule has 0 radical (unpaired) electrons. The van der Waals surface area contributed by atoms with Gasteiger partial charge in [0.05, 0.1) is 26.4 Å². The van der Waals surface area contributed by atoms with Crippen molar-refractivity contribution in [3.63, 3.8) is 0 Å². The van der Waals surface area contributed by atoms with Crippen molar-refractivity contribution in [3.05, 3.63) is 96.1 Å². The SMILES string of the molecule is C=C(C)C(=O)Oc1cc(-c2ccc(CCCCC)cc2)ccc1-c1ccc(OCCC(C)(CO)CO)c(CCOC(O)C(=C)C)c1. The van der Waals surface area contributed by atoms with Gasteiger partial charge >= 0.3 is 5.97 Å². The highest BCUT2D eigenvalue weighted by atomic mass is 16.6. The lowest BCUT2D eigenvalue weighted by molar-refractivity contribution is -0.130. The molecule has 0 aromatic heterocycles. The van der Waals surface area contributed by atoms with Crippen molar-refractivity contribution >= 4 is 5.97 Å². The standard InChI is InChI=1S/C39H50O7/c1-7-8-9-10-29-11-13-30(14-12-29)31-15-17-34(36(24-31)46-38(43)28(4)5)32-16-18-35(44-22-20-39(6,25-40)26-41)33(23-32)19-21-45-37(42)27(2)3/h11-18,23-24,37,40-42H,2,4,7-10,19-22,25-26H2,1,3,5-6H3. The van der Waals surface area contributed by atoms with E-state index in [1.807, 2.05) is 36.4 Å². The molecule has 1 unspecified atom stereocenters. The second-order valence-electron chi connectivity index (χ2n) is 12.4. The summed E-state index contributed by atoms with van der Waals surface area (Å²) in [6.45, 7) is 15.0. The smallest absolute Gasteiger partial charge is 0.338 e. The molecule has 46 heavy (non-hydrogen) atoms. The Balaban J connectivity index is 1.97. The van der Waals surface area contributed by atoms with E-state index in [1.165, 1.54) is 24.8 Å². The third kappa shape index (κ3) is 10.7. The monoisotopic (exact) mass is 630 g/mol. The van der Waals surface area contributed by atoms with Crippen LogP contribution < -0.4 is 9.47 Å². The van der Waals surface area contributed by atoms with Gasteiger partial charge in [-0.05, 0) is 91.1 Å². The molecule has 0 saturated heterocycles. The second-order valence-corrected chi connectivity index (χ2v) is 12.4. The van der Waals surface area contributed by atoms with Crippen molar-refractivity contribution in [3.8, 4) is 33.8 Å². The number of aliphatic hydroxyl groups is 3. The fourth-order valence-corrected chi connectivity index (χ4v) is 4.78. The van der Waals surface area contributed by atoms with Crippen LogP contribution in [0, 0.1) is 5.41 Å². The van der Waals surface area contributed by atoms with Gasteiger partial charge in [-0.1, -0.05) is 82.3 Å². The van der Waals surface area contributed by atoms with E-state index in [-0.39, 0.29) is 26.4 Å². The van der Waals surface area contributed by atoms with Crippen LogP contribution in [0.15, 0.2) is 85.0 Å². The number of rotatable bonds is 19. The maximum Gasteiger partial charge on any atom is 0.338 e. The quantitative estimate of drug-likeness (QED) is 0.0316. The molecule has 0 saturated carbocycles. The fraction of sp³-hybridized carbons (Fsp3) is 0.410. The van der Waals surface area contributed by atoms with Crippen molar-refractivity contribution < 1.29 is 34.3 Å². The Hall–Kier alpha value is -3.75. The summed E-state index contributed by atoms with van der Waals surface area (Å²) in [6, 6.07) is 20.1. The first kappa shape index (κ1) is 36.7. The van der Waals surface area contributed by atoms with Gasteiger partial charge in [0, 0.05) is 16.6 Å². The van der Waals surface area contributed by atoms with Gasteiger partial charge in [0.1, 0.15) is 11.5 Å². The fourth-order valence-electron chi connectivity index (χ4n) is 4.78. The maximum absolute atomic E-state index is 12.7. The number of esters is 1. The first-order valence-electron chi connectivity index (χ1n) is 16.0. The average Bonchev–Trinajstić information content (AvgIpc) is 3.05. The Morgan fingerprint density at radius 3 is 2.15 bits per heavy atom. The Morgan fingerprint density at radius 1 is 0.848 bits per heavy atom. The van der Waals surface area contributed by atoms with Crippen molar-refractivity contribution in [1.82, 2.24) is 0 Å². The summed E-state index contributed by atoms with van der Waals surface area (Å²) >= 11 is 0. The largest absolute Gasteiger partial charge is 0.493 e. The first-order valence-corrected chi connectivity index (χ1v) is 16.0. The van der Waals surface area contributed by atoms with Crippen molar-refractivity contribution in [2.24, 2.45) is 5.41 Å². The zero-order valence-corrected chi connectivity index (χ0v) is 27.8. The normalized spacial score (nSPS) is 12.1. The number of hydrogen-bond donors (Lipinski definition) is 3. The van der Waals surface area contributed by atoms with E-state index in [2.05, 4.69) is 44.3 Å². The summed E-state index contributed by atoms with van der Waals surface area (Å²) in [6.07, 6.45) is 4.43. The number of carbonyl (C=O) groups excluding carboxylic acids is 1. The first-order chi connectivity index (χ1) is 22.0. The number of unbranched alkanes of at least 4 members (excludes halogenated alkanes) is 2. The minimum atomic E-state index is -1.08. The van der Waals surface area contributed by atoms with E-state index in [0.717, 1.165) is 34.2 Å². The van der Waals surface area contributed by atoms with Crippen LogP contribution >= 0.6 is 0 Å². The van der Waals surface area contributed by atoms with Crippen LogP contribution in [-0.4, -0.2) is 54.0 Å². The summed E-state index contributed by atoms with van der Waals surface area (Å²) in [5.74, 6) is 0.516. The summed E-state index contributed by atoms with van der Waals surface area (Å²) < 4.78 is 17.5. The highest BCUT2D eigenvalue weighted by Gasteiger charge is 2.23. The third-order valence-corrected chi connectivity index (χ3v) is 8.06. The van der Waals surface area contributed by atoms with Gasteiger partial charge in [-0.25, -0.2) is 4.79 Å². The maximum atomic E-state index is 12.7. The predicted molar refractivity (Wildman–Crippen MR) is 184 cm³/mol. The molecule has 7 nitrogen and oxygen atoms in total. The minimum absolute atomic E-state index is 0.157. The topological polar surface area (TPSA) is 105 Å². The molecule has 0 heterocycles. The van der Waals surface area contributed by atoms with Crippen LogP contribution in [0.3, 0.4) is 0 Å². The molecule has 3 rings (SSSR count). The van der Waals surface area contributed by atoms with E-state index < -0.39 is 17.7 Å². The molecule has 3 aromatic rings. The van der Waals surface area contributed by atoms with Gasteiger partial charge in [0.25, 0.3) is 0 Å². The van der Waals surface area contributed by atoms with Crippen LogP contribution in [0.5, 0.6) is 11.5 Å². The molecule has 0 amide bonds. The molecule has 0 spiro atoms. The Labute approximate surface area is 274 Å². The van der Waals surface area contributed by atoms with E-state index >= 15 is 0 Å². The van der Waals surface area contributed by atoms with Gasteiger partial charge in [0.15, 0.2) is 6.29 Å². The molecular weight excluding hydrogens is 580 g/mol. The van der Waals surface area contributed by atoms with Crippen LogP contribution in [-0.2, 0) is 22.4 Å². The summed E-state index contributed by atoms with van der Waals surface area (Å²) in [5, 5.41) is 29.4. The van der Waals surface area contributed by atoms with Crippen LogP contribution in [0.1, 0.15) is 64.5 Å². The van der Waals surface area contributed by atoms with Gasteiger partial charge in [-0.2, -0.15) is 0 Å². The summed E-state index contributed by atoms with van der Waals surface area (Å²) in [7, 11) is 0. The Bertz CT molecular complexity index is 1450. The van der Waals surface area contributed by atoms with Gasteiger partial charge in [0.2, 0.25) is 0 Å². The predicted octanol–water partition coefficient (Wildman–Crippen LogP) is 7.45. The van der Waals surface area contributed by atoms with Gasteiger partial charge in [-0.15, -0.1) is 0 Å². The molecule has 7 heteroatoms. The van der Waals surface area contributed by atoms with E-state index in [1.54, 1.807) is 20.8 Å². The Morgan fingerprint density at radius 2 is 1.52 bits per heavy atom. The number of benzene rings is 3. The molecule has 0 aliphatic heterocycles. The average molecular weight is 631 g/mol. The van der Waals surface area contributed by atoms with Gasteiger partial charge < -0.3 is 29.5 Å². The number of carbonyl (C=O) groups is 1. The minimum Gasteiger partial charge on any atom is -0.493 e. The molecule has 0 fully saturated rings. The molecule has 3 N–H and O–H groups in total. The van der Waals surface area contributed by atoms with E-state index in [0.29, 0.717) is 35.5 Å². The third-order valence-electron chi connectivity index (χ3n) is 8.06. The summed E-state index contributed by atoms with van der Waals surface area (Å²) in [4.78, 5) is 12.7. The molecule has 0 aliphatic carbocycles. The highest BCUT2D eigenvalue weighted by molar-refractivity contribution is 5.91. The molecule has 248 valence electrons. The van der Waals surface area contributed by atoms with E-state index in [4.69, 9.17) is 14.2 Å². The summed E-state index contributed by atoms with van der Waals surface area (Å²) in [5.41, 5.74) is 5.74. The van der Waals surface area contributed by atoms with Gasteiger partial charge in [-0.3, -0.25) is 0 Å². The van der Waals surface area contributed by atoms with Crippen LogP contribution in [0.25, 0.3) is 22.3 Å². The molecule has 1 atom stereocenters. The van der Waals surface area contributed by atoms with Crippen molar-refractivity contribution in [1.29, 1.82) is 0 Å². The Kier molecular flexibility index (Phi) is 14.2. The number of ether oxygens (including phenoxy) is 3. The molecule has 0 aliphatic rings. The van der Waals surface area contributed by atoms with E-state index in [9.17, 15) is 20.1 Å². The zero-order valence-electron chi connectivity index (χ0n) is 27.8. The van der Waals surface area contributed by atoms with Crippen molar-refractivity contribution in [2.45, 2.75) is 72.5 Å². The molecular formula is C39H50O7. The van der Waals surface area contributed by atoms with Crippen LogP contribution in [0.4, 0.5) is 0 Å². The number of aryl methyl sites for hydroxylation is 1.